The molecule has 1 atom stereocenters. The summed E-state index contributed by atoms with van der Waals surface area (Å²) in [6.45, 7) is 1.24. The zero-order chi connectivity index (χ0) is 11.5. The number of hydrogen-bond donors (Lipinski definition) is 1. The van der Waals surface area contributed by atoms with Crippen molar-refractivity contribution in [2.45, 2.75) is 30.9 Å². The number of hydrogen-bond acceptors (Lipinski definition) is 3. The van der Waals surface area contributed by atoms with Gasteiger partial charge in [0.05, 0.1) is 11.2 Å². The molecule has 2 fully saturated rings. The smallest absolute Gasteiger partial charge is 0.306 e. The van der Waals surface area contributed by atoms with Crippen LogP contribution >= 0.6 is 11.8 Å². The highest BCUT2D eigenvalue weighted by Crippen LogP contribution is 2.29. The van der Waals surface area contributed by atoms with Crippen LogP contribution in [0.3, 0.4) is 0 Å². The van der Waals surface area contributed by atoms with Crippen LogP contribution in [0.1, 0.15) is 25.7 Å². The van der Waals surface area contributed by atoms with E-state index in [1.165, 1.54) is 0 Å². The van der Waals surface area contributed by atoms with E-state index < -0.39 is 5.97 Å². The molecular weight excluding hydrogens is 226 g/mol. The second-order valence-corrected chi connectivity index (χ2v) is 5.75. The molecular formula is C11H17NO3S. The Balaban J connectivity index is 1.84. The number of thioether (sulfide) groups is 1. The van der Waals surface area contributed by atoms with Crippen LogP contribution in [0.2, 0.25) is 0 Å². The van der Waals surface area contributed by atoms with Crippen molar-refractivity contribution in [2.24, 2.45) is 5.92 Å². The first kappa shape index (κ1) is 11.8. The lowest BCUT2D eigenvalue weighted by molar-refractivity contribution is -0.145. The number of carbonyl (C=O) groups excluding carboxylic acids is 1. The van der Waals surface area contributed by atoms with E-state index in [1.807, 2.05) is 4.90 Å². The van der Waals surface area contributed by atoms with Gasteiger partial charge in [-0.2, -0.15) is 0 Å². The van der Waals surface area contributed by atoms with Crippen LogP contribution in [0, 0.1) is 5.92 Å². The van der Waals surface area contributed by atoms with Gasteiger partial charge in [-0.05, 0) is 31.4 Å². The number of aliphatic carboxylic acids is 1. The molecule has 4 nitrogen and oxygen atoms in total. The van der Waals surface area contributed by atoms with Crippen LogP contribution in [0.5, 0.6) is 0 Å². The van der Waals surface area contributed by atoms with Gasteiger partial charge < -0.3 is 10.0 Å². The zero-order valence-corrected chi connectivity index (χ0v) is 10.0. The molecule has 0 aromatic carbocycles. The molecule has 90 valence electrons. The van der Waals surface area contributed by atoms with Gasteiger partial charge >= 0.3 is 5.97 Å². The molecule has 2 heterocycles. The molecule has 1 unspecified atom stereocenters. The van der Waals surface area contributed by atoms with Gasteiger partial charge in [-0.1, -0.05) is 0 Å². The van der Waals surface area contributed by atoms with E-state index in [0.29, 0.717) is 25.9 Å². The number of carboxylic acids is 1. The fourth-order valence-corrected chi connectivity index (χ4v) is 3.57. The molecule has 2 aliphatic rings. The highest BCUT2D eigenvalue weighted by Gasteiger charge is 2.32. The van der Waals surface area contributed by atoms with Crippen molar-refractivity contribution in [3.63, 3.8) is 0 Å². The second-order valence-electron chi connectivity index (χ2n) is 4.44. The second kappa shape index (κ2) is 5.08. The first-order valence-corrected chi connectivity index (χ1v) is 6.86. The fourth-order valence-electron chi connectivity index (χ4n) is 2.32. The maximum Gasteiger partial charge on any atom is 0.306 e. The van der Waals surface area contributed by atoms with Gasteiger partial charge in [-0.15, -0.1) is 11.8 Å². The lowest BCUT2D eigenvalue weighted by Gasteiger charge is -2.31. The zero-order valence-electron chi connectivity index (χ0n) is 9.22. The van der Waals surface area contributed by atoms with Gasteiger partial charge in [0.2, 0.25) is 5.91 Å². The Bertz CT molecular complexity index is 281. The third-order valence-electron chi connectivity index (χ3n) is 3.36. The first-order chi connectivity index (χ1) is 7.68. The van der Waals surface area contributed by atoms with Crippen LogP contribution in [-0.4, -0.2) is 46.0 Å². The summed E-state index contributed by atoms with van der Waals surface area (Å²) in [5, 5.41) is 9.01. The van der Waals surface area contributed by atoms with Crippen molar-refractivity contribution in [3.8, 4) is 0 Å². The third-order valence-corrected chi connectivity index (χ3v) is 4.73. The molecule has 16 heavy (non-hydrogen) atoms. The van der Waals surface area contributed by atoms with E-state index >= 15 is 0 Å². The molecule has 1 N–H and O–H groups in total. The number of amides is 1. The number of nitrogens with zero attached hydrogens (tertiary/aromatic N) is 1. The Morgan fingerprint density at radius 1 is 1.19 bits per heavy atom. The van der Waals surface area contributed by atoms with Crippen molar-refractivity contribution < 1.29 is 14.7 Å². The Morgan fingerprint density at radius 3 is 2.38 bits per heavy atom. The van der Waals surface area contributed by atoms with E-state index in [9.17, 15) is 9.59 Å². The van der Waals surface area contributed by atoms with Gasteiger partial charge in [0.25, 0.3) is 0 Å². The van der Waals surface area contributed by atoms with Gasteiger partial charge in [-0.25, -0.2) is 0 Å². The van der Waals surface area contributed by atoms with Crippen LogP contribution in [0.15, 0.2) is 0 Å². The lowest BCUT2D eigenvalue weighted by atomic mass is 9.97. The normalized spacial score (nSPS) is 27.0. The van der Waals surface area contributed by atoms with Crippen molar-refractivity contribution >= 4 is 23.6 Å². The molecule has 0 radical (unpaired) electrons. The highest BCUT2D eigenvalue weighted by molar-refractivity contribution is 8.00. The molecule has 0 aliphatic carbocycles. The van der Waals surface area contributed by atoms with Crippen molar-refractivity contribution in [1.82, 2.24) is 4.90 Å². The number of carboxylic acid groups (broad SMARTS) is 1. The van der Waals surface area contributed by atoms with Crippen LogP contribution in [0.25, 0.3) is 0 Å². The summed E-state index contributed by atoms with van der Waals surface area (Å²) in [6.07, 6.45) is 3.34. The molecule has 0 saturated carbocycles. The number of carbonyl (C=O) groups is 2. The summed E-state index contributed by atoms with van der Waals surface area (Å²) in [5.41, 5.74) is 0. The molecule has 0 spiro atoms. The SMILES string of the molecule is O=C(O)C1CCN(C(=O)C2CCCS2)CC1. The monoisotopic (exact) mass is 243 g/mol. The molecule has 5 heteroatoms. The quantitative estimate of drug-likeness (QED) is 0.792. The molecule has 1 amide bonds. The Labute approximate surface area is 99.4 Å². The van der Waals surface area contributed by atoms with Crippen LogP contribution in [-0.2, 0) is 9.59 Å². The summed E-state index contributed by atoms with van der Waals surface area (Å²) in [7, 11) is 0. The molecule has 2 rings (SSSR count). The summed E-state index contributed by atoms with van der Waals surface area (Å²) in [5.74, 6) is 0.344. The molecule has 2 saturated heterocycles. The summed E-state index contributed by atoms with van der Waals surface area (Å²) in [4.78, 5) is 24.7. The summed E-state index contributed by atoms with van der Waals surface area (Å²) in [6, 6.07) is 0. The maximum atomic E-state index is 12.0. The summed E-state index contributed by atoms with van der Waals surface area (Å²) >= 11 is 1.74. The van der Waals surface area contributed by atoms with E-state index in [-0.39, 0.29) is 17.1 Å². The van der Waals surface area contributed by atoms with E-state index in [4.69, 9.17) is 5.11 Å². The Hall–Kier alpha value is -0.710. The van der Waals surface area contributed by atoms with Crippen molar-refractivity contribution in [3.05, 3.63) is 0 Å². The maximum absolute atomic E-state index is 12.0. The minimum atomic E-state index is -0.720. The highest BCUT2D eigenvalue weighted by atomic mass is 32.2. The minimum absolute atomic E-state index is 0.140. The van der Waals surface area contributed by atoms with E-state index in [1.54, 1.807) is 11.8 Å². The van der Waals surface area contributed by atoms with Crippen molar-refractivity contribution in [1.29, 1.82) is 0 Å². The lowest BCUT2D eigenvalue weighted by Crippen LogP contribution is -2.43. The number of likely N-dealkylation sites (tertiary alicyclic amines) is 1. The van der Waals surface area contributed by atoms with Crippen molar-refractivity contribution in [2.75, 3.05) is 18.8 Å². The first-order valence-electron chi connectivity index (χ1n) is 5.81. The van der Waals surface area contributed by atoms with Crippen LogP contribution < -0.4 is 0 Å². The molecule has 0 aromatic heterocycles. The minimum Gasteiger partial charge on any atom is -0.481 e. The van der Waals surface area contributed by atoms with Gasteiger partial charge in [0.15, 0.2) is 0 Å². The Morgan fingerprint density at radius 2 is 1.88 bits per heavy atom. The van der Waals surface area contributed by atoms with Gasteiger partial charge in [0, 0.05) is 13.1 Å². The standard InChI is InChI=1S/C11H17NO3S/c13-10(9-2-1-7-16-9)12-5-3-8(4-6-12)11(14)15/h8-9H,1-7H2,(H,14,15). The molecule has 0 aromatic rings. The fraction of sp³-hybridized carbons (Fsp3) is 0.818. The predicted molar refractivity (Wildman–Crippen MR) is 62.4 cm³/mol. The van der Waals surface area contributed by atoms with Gasteiger partial charge in [0.1, 0.15) is 0 Å². The topological polar surface area (TPSA) is 57.6 Å². The number of rotatable bonds is 2. The number of piperidine rings is 1. The van der Waals surface area contributed by atoms with E-state index in [2.05, 4.69) is 0 Å². The Kier molecular flexibility index (Phi) is 3.74. The molecule has 0 bridgehead atoms. The largest absolute Gasteiger partial charge is 0.481 e. The third kappa shape index (κ3) is 2.51. The van der Waals surface area contributed by atoms with E-state index in [0.717, 1.165) is 18.6 Å². The molecule has 2 aliphatic heterocycles. The summed E-state index contributed by atoms with van der Waals surface area (Å²) < 4.78 is 0. The predicted octanol–water partition coefficient (Wildman–Crippen LogP) is 1.21. The average Bonchev–Trinajstić information content (AvgIpc) is 2.81. The average molecular weight is 243 g/mol. The van der Waals surface area contributed by atoms with Gasteiger partial charge in [-0.3, -0.25) is 9.59 Å². The van der Waals surface area contributed by atoms with Crippen LogP contribution in [0.4, 0.5) is 0 Å².